The zero-order valence-electron chi connectivity index (χ0n) is 13.7. The van der Waals surface area contributed by atoms with E-state index in [-0.39, 0.29) is 13.2 Å². The van der Waals surface area contributed by atoms with Gasteiger partial charge in [-0.2, -0.15) is 0 Å². The maximum atomic E-state index is 9.38. The summed E-state index contributed by atoms with van der Waals surface area (Å²) in [6.07, 6.45) is 0. The van der Waals surface area contributed by atoms with Gasteiger partial charge in [0.1, 0.15) is 0 Å². The highest BCUT2D eigenvalue weighted by atomic mass is 16.5. The molecule has 0 radical (unpaired) electrons. The first kappa shape index (κ1) is 17.2. The molecule has 0 saturated carbocycles. The monoisotopic (exact) mass is 308 g/mol. The van der Waals surface area contributed by atoms with Crippen molar-refractivity contribution in [3.8, 4) is 0 Å². The molecule has 22 heavy (non-hydrogen) atoms. The van der Waals surface area contributed by atoms with Crippen LogP contribution in [0.1, 0.15) is 12.5 Å². The van der Waals surface area contributed by atoms with Crippen LogP contribution in [0, 0.1) is 5.41 Å². The summed E-state index contributed by atoms with van der Waals surface area (Å²) in [5.41, 5.74) is 2.02. The molecule has 0 unspecified atom stereocenters. The lowest BCUT2D eigenvalue weighted by molar-refractivity contribution is 0.0402. The summed E-state index contributed by atoms with van der Waals surface area (Å²) >= 11 is 0. The molecule has 0 atom stereocenters. The Kier molecular flexibility index (Phi) is 6.20. The van der Waals surface area contributed by atoms with Gasteiger partial charge in [0.15, 0.2) is 0 Å². The fourth-order valence-electron chi connectivity index (χ4n) is 2.80. The fourth-order valence-corrected chi connectivity index (χ4v) is 2.80. The van der Waals surface area contributed by atoms with E-state index in [1.54, 1.807) is 0 Å². The predicted octanol–water partition coefficient (Wildman–Crippen LogP) is 0.946. The Morgan fingerprint density at radius 2 is 1.73 bits per heavy atom. The van der Waals surface area contributed by atoms with Gasteiger partial charge in [0.25, 0.3) is 0 Å². The first-order valence-electron chi connectivity index (χ1n) is 7.88. The number of nitrogens with zero attached hydrogens (tertiary/aromatic N) is 2. The summed E-state index contributed by atoms with van der Waals surface area (Å²) in [6.45, 7) is 6.83. The number of ether oxygens (including phenoxy) is 1. The smallest absolute Gasteiger partial charge is 0.0642 e. The van der Waals surface area contributed by atoms with Gasteiger partial charge in [-0.15, -0.1) is 0 Å². The zero-order chi connectivity index (χ0) is 16.0. The van der Waals surface area contributed by atoms with Crippen molar-refractivity contribution in [1.29, 1.82) is 0 Å². The highest BCUT2D eigenvalue weighted by Gasteiger charge is 2.24. The lowest BCUT2D eigenvalue weighted by Crippen LogP contribution is -2.38. The van der Waals surface area contributed by atoms with Crippen LogP contribution >= 0.6 is 0 Å². The number of anilines is 1. The average molecular weight is 308 g/mol. The molecule has 1 aromatic carbocycles. The molecule has 2 rings (SSSR count). The van der Waals surface area contributed by atoms with Gasteiger partial charge in [0, 0.05) is 37.3 Å². The minimum atomic E-state index is -0.456. The van der Waals surface area contributed by atoms with Crippen molar-refractivity contribution in [1.82, 2.24) is 4.90 Å². The van der Waals surface area contributed by atoms with Crippen LogP contribution in [0.3, 0.4) is 0 Å². The van der Waals surface area contributed by atoms with Gasteiger partial charge in [0.05, 0.1) is 26.4 Å². The number of rotatable bonds is 7. The van der Waals surface area contributed by atoms with Gasteiger partial charge >= 0.3 is 0 Å². The minimum Gasteiger partial charge on any atom is -0.396 e. The molecule has 1 saturated heterocycles. The van der Waals surface area contributed by atoms with Crippen molar-refractivity contribution >= 4 is 5.69 Å². The molecule has 0 spiro atoms. The maximum absolute atomic E-state index is 9.38. The van der Waals surface area contributed by atoms with Crippen molar-refractivity contribution in [2.75, 3.05) is 58.0 Å². The normalized spacial score (nSPS) is 16.3. The van der Waals surface area contributed by atoms with Crippen molar-refractivity contribution < 1.29 is 14.9 Å². The summed E-state index contributed by atoms with van der Waals surface area (Å²) in [7, 11) is 2.01. The quantitative estimate of drug-likeness (QED) is 0.785. The van der Waals surface area contributed by atoms with E-state index >= 15 is 0 Å². The molecule has 5 heteroatoms. The van der Waals surface area contributed by atoms with Crippen LogP contribution in [-0.4, -0.2) is 68.2 Å². The van der Waals surface area contributed by atoms with E-state index in [0.717, 1.165) is 32.8 Å². The lowest BCUT2D eigenvalue weighted by atomic mass is 9.92. The van der Waals surface area contributed by atoms with E-state index in [1.807, 2.05) is 14.0 Å². The Morgan fingerprint density at radius 3 is 2.27 bits per heavy atom. The molecule has 0 aromatic heterocycles. The number of aliphatic hydroxyl groups excluding tert-OH is 2. The maximum Gasteiger partial charge on any atom is 0.0642 e. The number of benzene rings is 1. The summed E-state index contributed by atoms with van der Waals surface area (Å²) in [5, 5.41) is 18.8. The molecule has 1 aliphatic rings. The second-order valence-corrected chi connectivity index (χ2v) is 6.57. The molecule has 0 bridgehead atoms. The average Bonchev–Trinajstić information content (AvgIpc) is 2.56. The van der Waals surface area contributed by atoms with Gasteiger partial charge < -0.3 is 24.7 Å². The van der Waals surface area contributed by atoms with Crippen LogP contribution < -0.4 is 4.90 Å². The third-order valence-corrected chi connectivity index (χ3v) is 4.18. The molecule has 0 aliphatic carbocycles. The van der Waals surface area contributed by atoms with Crippen LogP contribution in [0.25, 0.3) is 0 Å². The first-order valence-corrected chi connectivity index (χ1v) is 7.88. The number of hydrogen-bond donors (Lipinski definition) is 2. The summed E-state index contributed by atoms with van der Waals surface area (Å²) in [4.78, 5) is 4.47. The molecular formula is C17H28N2O3. The molecule has 1 fully saturated rings. The first-order chi connectivity index (χ1) is 10.6. The standard InChI is InChI=1S/C17H28N2O3/c1-17(13-20,14-21)12-18(2)11-15-3-5-16(6-4-15)19-7-9-22-10-8-19/h3-6,20-21H,7-14H2,1-2H3. The van der Waals surface area contributed by atoms with E-state index in [9.17, 15) is 10.2 Å². The van der Waals surface area contributed by atoms with Gasteiger partial charge in [-0.3, -0.25) is 0 Å². The molecule has 2 N–H and O–H groups in total. The third-order valence-electron chi connectivity index (χ3n) is 4.18. The van der Waals surface area contributed by atoms with Crippen molar-refractivity contribution in [3.05, 3.63) is 29.8 Å². The Balaban J connectivity index is 1.90. The minimum absolute atomic E-state index is 0.0101. The summed E-state index contributed by atoms with van der Waals surface area (Å²) in [6, 6.07) is 8.62. The molecule has 1 aliphatic heterocycles. The largest absolute Gasteiger partial charge is 0.396 e. The highest BCUT2D eigenvalue weighted by Crippen LogP contribution is 2.19. The third kappa shape index (κ3) is 4.68. The Hall–Kier alpha value is -1.14. The van der Waals surface area contributed by atoms with E-state index < -0.39 is 5.41 Å². The molecule has 1 heterocycles. The van der Waals surface area contributed by atoms with Gasteiger partial charge in [-0.1, -0.05) is 19.1 Å². The molecule has 124 valence electrons. The topological polar surface area (TPSA) is 56.2 Å². The zero-order valence-corrected chi connectivity index (χ0v) is 13.7. The number of hydrogen-bond acceptors (Lipinski definition) is 5. The number of aliphatic hydroxyl groups is 2. The Labute approximate surface area is 133 Å². The van der Waals surface area contributed by atoms with E-state index in [2.05, 4.69) is 34.1 Å². The van der Waals surface area contributed by atoms with Crippen LogP contribution in [0.5, 0.6) is 0 Å². The second kappa shape index (κ2) is 7.92. The summed E-state index contributed by atoms with van der Waals surface area (Å²) < 4.78 is 5.38. The van der Waals surface area contributed by atoms with Crippen LogP contribution in [0.2, 0.25) is 0 Å². The molecular weight excluding hydrogens is 280 g/mol. The lowest BCUT2D eigenvalue weighted by Gasteiger charge is -2.31. The summed E-state index contributed by atoms with van der Waals surface area (Å²) in [5.74, 6) is 0. The van der Waals surface area contributed by atoms with Crippen molar-refractivity contribution in [3.63, 3.8) is 0 Å². The van der Waals surface area contributed by atoms with Crippen molar-refractivity contribution in [2.45, 2.75) is 13.5 Å². The van der Waals surface area contributed by atoms with Crippen LogP contribution in [-0.2, 0) is 11.3 Å². The van der Waals surface area contributed by atoms with Crippen LogP contribution in [0.4, 0.5) is 5.69 Å². The fraction of sp³-hybridized carbons (Fsp3) is 0.647. The van der Waals surface area contributed by atoms with Gasteiger partial charge in [-0.25, -0.2) is 0 Å². The Bertz CT molecular complexity index is 440. The van der Waals surface area contributed by atoms with E-state index in [4.69, 9.17) is 4.74 Å². The van der Waals surface area contributed by atoms with Gasteiger partial charge in [0.2, 0.25) is 0 Å². The Morgan fingerprint density at radius 1 is 1.14 bits per heavy atom. The number of morpholine rings is 1. The SMILES string of the molecule is CN(Cc1ccc(N2CCOCC2)cc1)CC(C)(CO)CO. The van der Waals surface area contributed by atoms with E-state index in [1.165, 1.54) is 11.3 Å². The highest BCUT2D eigenvalue weighted by molar-refractivity contribution is 5.47. The second-order valence-electron chi connectivity index (χ2n) is 6.57. The van der Waals surface area contributed by atoms with Gasteiger partial charge in [-0.05, 0) is 24.7 Å². The van der Waals surface area contributed by atoms with E-state index in [0.29, 0.717) is 6.54 Å². The molecule has 1 aromatic rings. The molecule has 5 nitrogen and oxygen atoms in total. The predicted molar refractivity (Wildman–Crippen MR) is 88.1 cm³/mol. The van der Waals surface area contributed by atoms with Crippen LogP contribution in [0.15, 0.2) is 24.3 Å². The molecule has 0 amide bonds. The van der Waals surface area contributed by atoms with Crippen molar-refractivity contribution in [2.24, 2.45) is 5.41 Å².